The number of Topliss-reactive ketones (excluding diaryl/α,β-unsaturated/α-hetero) is 1. The van der Waals surface area contributed by atoms with Gasteiger partial charge < -0.3 is 24.8 Å². The number of phenolic OH excluding ortho intramolecular Hbond substituents is 1. The van der Waals surface area contributed by atoms with Gasteiger partial charge in [-0.25, -0.2) is 0 Å². The summed E-state index contributed by atoms with van der Waals surface area (Å²) in [6, 6.07) is 7.51. The highest BCUT2D eigenvalue weighted by molar-refractivity contribution is 6.04. The topological polar surface area (TPSA) is 96.2 Å². The Bertz CT molecular complexity index is 768. The Kier molecular flexibility index (Phi) is 3.83. The number of rotatable bonds is 3. The summed E-state index contributed by atoms with van der Waals surface area (Å²) in [5.41, 5.74) is 1.18. The predicted molar refractivity (Wildman–Crippen MR) is 81.3 cm³/mol. The molecule has 3 N–H and O–H groups in total. The molecule has 1 heterocycles. The molecule has 1 atom stereocenters. The Hall–Kier alpha value is -2.73. The van der Waals surface area contributed by atoms with Gasteiger partial charge in [0.15, 0.2) is 17.3 Å². The van der Waals surface area contributed by atoms with Crippen molar-refractivity contribution in [2.75, 3.05) is 13.7 Å². The fraction of sp³-hybridized carbons (Fsp3) is 0.235. The van der Waals surface area contributed by atoms with E-state index in [1.165, 1.54) is 25.3 Å². The number of aliphatic hydroxyl groups excluding tert-OH is 1. The van der Waals surface area contributed by atoms with Gasteiger partial charge in [-0.3, -0.25) is 4.79 Å². The number of carbonyl (C=O) groups is 1. The molecule has 2 aromatic rings. The summed E-state index contributed by atoms with van der Waals surface area (Å²) in [5.74, 6) is -0.488. The second-order valence-electron chi connectivity index (χ2n) is 5.26. The zero-order chi connectivity index (χ0) is 16.6. The number of fused-ring (bicyclic) bond motifs is 1. The van der Waals surface area contributed by atoms with E-state index in [2.05, 4.69) is 0 Å². The van der Waals surface area contributed by atoms with Gasteiger partial charge in [0, 0.05) is 17.2 Å². The Morgan fingerprint density at radius 2 is 2.04 bits per heavy atom. The molecule has 6 heteroatoms. The largest absolute Gasteiger partial charge is 0.508 e. The first-order valence-corrected chi connectivity index (χ1v) is 7.06. The van der Waals surface area contributed by atoms with Crippen molar-refractivity contribution in [1.29, 1.82) is 0 Å². The number of phenols is 2. The third-order valence-corrected chi connectivity index (χ3v) is 3.95. The van der Waals surface area contributed by atoms with Crippen LogP contribution in [0.1, 0.15) is 27.4 Å². The maximum atomic E-state index is 12.7. The summed E-state index contributed by atoms with van der Waals surface area (Å²) in [6.45, 7) is -0.261. The number of hydrogen-bond donors (Lipinski definition) is 3. The van der Waals surface area contributed by atoms with Crippen LogP contribution >= 0.6 is 0 Å². The van der Waals surface area contributed by atoms with E-state index in [4.69, 9.17) is 9.47 Å². The monoisotopic (exact) mass is 316 g/mol. The first-order valence-electron chi connectivity index (χ1n) is 7.06. The zero-order valence-electron chi connectivity index (χ0n) is 12.4. The Balaban J connectivity index is 2.05. The van der Waals surface area contributed by atoms with E-state index in [1.54, 1.807) is 12.1 Å². The summed E-state index contributed by atoms with van der Waals surface area (Å²) in [7, 11) is 1.39. The number of methoxy groups -OCH3 is 1. The van der Waals surface area contributed by atoms with Crippen molar-refractivity contribution >= 4 is 5.78 Å². The lowest BCUT2D eigenvalue weighted by Gasteiger charge is -2.26. The minimum Gasteiger partial charge on any atom is -0.508 e. The molecule has 0 saturated carbocycles. The number of hydrogen-bond acceptors (Lipinski definition) is 6. The van der Waals surface area contributed by atoms with Gasteiger partial charge in [-0.15, -0.1) is 0 Å². The van der Waals surface area contributed by atoms with Crippen molar-refractivity contribution in [3.05, 3.63) is 47.0 Å². The maximum Gasteiger partial charge on any atom is 0.177 e. The number of aromatic hydroxyl groups is 2. The average molecular weight is 316 g/mol. The predicted octanol–water partition coefficient (Wildman–Crippen LogP) is 1.96. The van der Waals surface area contributed by atoms with Crippen LogP contribution in [0.15, 0.2) is 30.3 Å². The van der Waals surface area contributed by atoms with E-state index in [9.17, 15) is 20.1 Å². The van der Waals surface area contributed by atoms with Crippen LogP contribution in [-0.4, -0.2) is 34.8 Å². The number of benzene rings is 2. The smallest absolute Gasteiger partial charge is 0.177 e. The van der Waals surface area contributed by atoms with Crippen LogP contribution in [0.4, 0.5) is 0 Å². The minimum absolute atomic E-state index is 0.0255. The number of aliphatic hydroxyl groups is 1. The molecule has 1 unspecified atom stereocenters. The molecule has 0 spiro atoms. The summed E-state index contributed by atoms with van der Waals surface area (Å²) in [5, 5.41) is 28.8. The molecule has 23 heavy (non-hydrogen) atoms. The van der Waals surface area contributed by atoms with Crippen molar-refractivity contribution in [3.63, 3.8) is 0 Å². The lowest BCUT2D eigenvalue weighted by molar-refractivity contribution is 0.0894. The molecule has 0 amide bonds. The highest BCUT2D eigenvalue weighted by Crippen LogP contribution is 2.42. The molecular weight excluding hydrogens is 300 g/mol. The molecule has 0 fully saturated rings. The van der Waals surface area contributed by atoms with Crippen LogP contribution < -0.4 is 9.47 Å². The van der Waals surface area contributed by atoms with Crippen LogP contribution in [0.2, 0.25) is 0 Å². The highest BCUT2D eigenvalue weighted by atomic mass is 16.5. The molecule has 6 nitrogen and oxygen atoms in total. The van der Waals surface area contributed by atoms with E-state index >= 15 is 0 Å². The van der Waals surface area contributed by atoms with E-state index in [0.29, 0.717) is 22.4 Å². The number of ether oxygens (including phenoxy) is 2. The van der Waals surface area contributed by atoms with Crippen LogP contribution in [0.25, 0.3) is 0 Å². The van der Waals surface area contributed by atoms with Crippen molar-refractivity contribution < 1.29 is 29.6 Å². The quantitative estimate of drug-likeness (QED) is 0.801. The van der Waals surface area contributed by atoms with E-state index in [0.717, 1.165) is 0 Å². The first kappa shape index (κ1) is 15.2. The maximum absolute atomic E-state index is 12.7. The molecule has 0 bridgehead atoms. The van der Waals surface area contributed by atoms with Gasteiger partial charge in [0.1, 0.15) is 18.1 Å². The molecule has 1 aliphatic heterocycles. The van der Waals surface area contributed by atoms with Gasteiger partial charge in [0.05, 0.1) is 25.2 Å². The van der Waals surface area contributed by atoms with Crippen molar-refractivity contribution in [2.45, 2.75) is 12.5 Å². The number of ketones is 1. The first-order chi connectivity index (χ1) is 11.1. The molecule has 1 aliphatic rings. The second kappa shape index (κ2) is 5.81. The molecule has 120 valence electrons. The fourth-order valence-corrected chi connectivity index (χ4v) is 2.75. The number of carbonyl (C=O) groups excluding carboxylic acids is 1. The molecular formula is C17H16O6. The van der Waals surface area contributed by atoms with Gasteiger partial charge >= 0.3 is 0 Å². The van der Waals surface area contributed by atoms with Crippen molar-refractivity contribution in [1.82, 2.24) is 0 Å². The van der Waals surface area contributed by atoms with Gasteiger partial charge in [0.25, 0.3) is 0 Å². The summed E-state index contributed by atoms with van der Waals surface area (Å²) in [4.78, 5) is 12.7. The van der Waals surface area contributed by atoms with Gasteiger partial charge in [-0.05, 0) is 12.1 Å². The van der Waals surface area contributed by atoms with Gasteiger partial charge in [-0.1, -0.05) is 12.1 Å². The summed E-state index contributed by atoms with van der Waals surface area (Å²) in [6.07, 6.45) is 0. The van der Waals surface area contributed by atoms with Crippen LogP contribution in [0.3, 0.4) is 0 Å². The SMILES string of the molecule is COc1c(C2COc3cc(O)ccc3C2=O)ccc(CO)c1O. The Morgan fingerprint density at radius 1 is 1.26 bits per heavy atom. The summed E-state index contributed by atoms with van der Waals surface area (Å²) < 4.78 is 10.8. The molecule has 2 aromatic carbocycles. The lowest BCUT2D eigenvalue weighted by Crippen LogP contribution is -2.26. The zero-order valence-corrected chi connectivity index (χ0v) is 12.4. The third-order valence-electron chi connectivity index (χ3n) is 3.95. The molecule has 0 aromatic heterocycles. The van der Waals surface area contributed by atoms with E-state index < -0.39 is 5.92 Å². The minimum atomic E-state index is -0.638. The summed E-state index contributed by atoms with van der Waals surface area (Å²) >= 11 is 0. The van der Waals surface area contributed by atoms with Crippen LogP contribution in [0.5, 0.6) is 23.0 Å². The van der Waals surface area contributed by atoms with Crippen LogP contribution in [0, 0.1) is 0 Å². The lowest BCUT2D eigenvalue weighted by atomic mass is 9.87. The third kappa shape index (κ3) is 2.47. The standard InChI is InChI=1S/C17H16O6/c1-22-17-11(4-2-9(7-18)15(17)20)13-8-23-14-6-10(19)3-5-12(14)16(13)21/h2-6,13,18-20H,7-8H2,1H3. The highest BCUT2D eigenvalue weighted by Gasteiger charge is 2.33. The van der Waals surface area contributed by atoms with Gasteiger partial charge in [0.2, 0.25) is 0 Å². The van der Waals surface area contributed by atoms with Gasteiger partial charge in [-0.2, -0.15) is 0 Å². The van der Waals surface area contributed by atoms with E-state index in [-0.39, 0.29) is 36.2 Å². The second-order valence-corrected chi connectivity index (χ2v) is 5.26. The fourth-order valence-electron chi connectivity index (χ4n) is 2.75. The average Bonchev–Trinajstić information content (AvgIpc) is 2.55. The molecule has 0 aliphatic carbocycles. The molecule has 3 rings (SSSR count). The van der Waals surface area contributed by atoms with Crippen LogP contribution in [-0.2, 0) is 6.61 Å². The van der Waals surface area contributed by atoms with Crippen molar-refractivity contribution in [2.24, 2.45) is 0 Å². The molecule has 0 saturated heterocycles. The molecule has 0 radical (unpaired) electrons. The normalized spacial score (nSPS) is 16.6. The van der Waals surface area contributed by atoms with Crippen molar-refractivity contribution in [3.8, 4) is 23.0 Å². The van der Waals surface area contributed by atoms with E-state index in [1.807, 2.05) is 0 Å². The Morgan fingerprint density at radius 3 is 2.74 bits per heavy atom. The Labute approximate surface area is 132 Å².